The van der Waals surface area contributed by atoms with Gasteiger partial charge >= 0.3 is 0 Å². The molecule has 0 saturated heterocycles. The van der Waals surface area contributed by atoms with E-state index in [9.17, 15) is 0 Å². The molecule has 0 unspecified atom stereocenters. The van der Waals surface area contributed by atoms with Crippen LogP contribution in [0.1, 0.15) is 43.8 Å². The maximum absolute atomic E-state index is 8.86. The average molecular weight is 751 g/mol. The molecule has 5 aromatic heterocycles. The summed E-state index contributed by atoms with van der Waals surface area (Å²) in [6, 6.07) is 30.7. The maximum atomic E-state index is 8.86. The molecule has 0 saturated carbocycles. The molecule has 0 spiro atoms. The van der Waals surface area contributed by atoms with Gasteiger partial charge in [-0.1, -0.05) is 49.9 Å². The van der Waals surface area contributed by atoms with Crippen molar-refractivity contribution in [2.75, 3.05) is 0 Å². The van der Waals surface area contributed by atoms with Gasteiger partial charge in [-0.2, -0.15) is 0 Å². The van der Waals surface area contributed by atoms with Crippen molar-refractivity contribution in [1.82, 2.24) is 15.0 Å². The van der Waals surface area contributed by atoms with Crippen LogP contribution in [0.2, 0.25) is 0 Å². The fraction of sp³-hybridized carbons (Fsp3) is 0.194. The van der Waals surface area contributed by atoms with Gasteiger partial charge in [0.05, 0.1) is 15.8 Å². The number of pyridine rings is 3. The fourth-order valence-corrected chi connectivity index (χ4v) is 5.60. The SMILES string of the molecule is [2H]C([2H])([2H])c1ccc2c(n1)oc1c(-c3ccc4sc(C)c(C([2H])([2H])C(C)(C)C)c4n3)[c-]ccc12.[Ir].[c-]1ccccc1-c1ccccn1. The van der Waals surface area contributed by atoms with Crippen molar-refractivity contribution in [2.24, 2.45) is 5.41 Å². The van der Waals surface area contributed by atoms with E-state index in [0.29, 0.717) is 27.9 Å². The van der Waals surface area contributed by atoms with Crippen LogP contribution < -0.4 is 0 Å². The molecule has 1 radical (unpaired) electrons. The molecular formula is C36H31IrN3OS-2. The van der Waals surface area contributed by atoms with Gasteiger partial charge in [0, 0.05) is 49.1 Å². The quantitative estimate of drug-likeness (QED) is 0.169. The van der Waals surface area contributed by atoms with Crippen molar-refractivity contribution in [2.45, 2.75) is 40.9 Å². The molecule has 0 fully saturated rings. The van der Waals surface area contributed by atoms with E-state index in [1.807, 2.05) is 88.4 Å². The molecule has 42 heavy (non-hydrogen) atoms. The molecule has 7 aromatic rings. The van der Waals surface area contributed by atoms with E-state index in [4.69, 9.17) is 16.3 Å². The van der Waals surface area contributed by atoms with Crippen LogP contribution in [0.15, 0.2) is 89.5 Å². The summed E-state index contributed by atoms with van der Waals surface area (Å²) in [5.74, 6) is 0. The smallest absolute Gasteiger partial charge is 0.216 e. The Morgan fingerprint density at radius 3 is 2.50 bits per heavy atom. The third-order valence-corrected chi connectivity index (χ3v) is 7.47. The van der Waals surface area contributed by atoms with E-state index >= 15 is 0 Å². The number of thiophene rings is 1. The van der Waals surface area contributed by atoms with Gasteiger partial charge in [-0.25, -0.2) is 4.98 Å². The second-order valence-corrected chi connectivity index (χ2v) is 11.9. The fourth-order valence-electron chi connectivity index (χ4n) is 4.64. The van der Waals surface area contributed by atoms with Crippen LogP contribution in [0.25, 0.3) is 54.8 Å². The van der Waals surface area contributed by atoms with Crippen LogP contribution in [0.4, 0.5) is 0 Å². The summed E-state index contributed by atoms with van der Waals surface area (Å²) in [6.45, 7) is 5.29. The first-order chi connectivity index (χ1) is 21.8. The molecule has 5 heterocycles. The second-order valence-electron chi connectivity index (χ2n) is 10.7. The summed E-state index contributed by atoms with van der Waals surface area (Å²) >= 11 is 1.54. The molecular weight excluding hydrogens is 715 g/mol. The summed E-state index contributed by atoms with van der Waals surface area (Å²) in [4.78, 5) is 14.3. The third kappa shape index (κ3) is 6.22. The number of aromatic nitrogens is 3. The van der Waals surface area contributed by atoms with Gasteiger partial charge in [0.1, 0.15) is 0 Å². The largest absolute Gasteiger partial charge is 0.486 e. The van der Waals surface area contributed by atoms with Crippen molar-refractivity contribution < 1.29 is 31.4 Å². The second kappa shape index (κ2) is 12.3. The van der Waals surface area contributed by atoms with Gasteiger partial charge in [0.25, 0.3) is 0 Å². The van der Waals surface area contributed by atoms with E-state index in [-0.39, 0.29) is 31.5 Å². The zero-order valence-corrected chi connectivity index (χ0v) is 26.8. The molecule has 0 N–H and O–H groups in total. The standard InChI is InChI=1S/C25H23N2OS.C11H8N.Ir/c1-14-9-10-17-16-7-6-8-18(23(16)28-24(17)26-14)20-11-12-21-22(27-20)19(15(2)29-21)13-25(3,4)5;1-2-6-10(7-3-1)11-8-4-5-9-12-11;/h6-7,9-12H,13H2,1-5H3;1-6,8-9H;/q2*-1;/i1D3,13D2;;. The Hall–Kier alpha value is -3.70. The molecule has 0 atom stereocenters. The molecule has 0 aliphatic carbocycles. The van der Waals surface area contributed by atoms with Crippen molar-refractivity contribution >= 4 is 43.6 Å². The van der Waals surface area contributed by atoms with Gasteiger partial charge in [0.15, 0.2) is 0 Å². The van der Waals surface area contributed by atoms with E-state index in [0.717, 1.165) is 31.6 Å². The van der Waals surface area contributed by atoms with Crippen LogP contribution in [-0.4, -0.2) is 15.0 Å². The number of fused-ring (bicyclic) bond motifs is 4. The first-order valence-corrected chi connectivity index (χ1v) is 14.1. The Bertz CT molecular complexity index is 2140. The predicted molar refractivity (Wildman–Crippen MR) is 170 cm³/mol. The van der Waals surface area contributed by atoms with Crippen molar-refractivity contribution in [3.05, 3.63) is 113 Å². The van der Waals surface area contributed by atoms with Crippen LogP contribution in [0, 0.1) is 31.3 Å². The van der Waals surface area contributed by atoms with Crippen molar-refractivity contribution in [3.8, 4) is 22.5 Å². The predicted octanol–water partition coefficient (Wildman–Crippen LogP) is 9.81. The summed E-state index contributed by atoms with van der Waals surface area (Å²) in [6.07, 6.45) is 0.210. The molecule has 7 rings (SSSR count). The van der Waals surface area contributed by atoms with Gasteiger partial charge in [-0.15, -0.1) is 65.4 Å². The molecule has 0 aliphatic rings. The minimum Gasteiger partial charge on any atom is -0.486 e. The zero-order valence-electron chi connectivity index (χ0n) is 28.6. The topological polar surface area (TPSA) is 51.8 Å². The Kier molecular flexibility index (Phi) is 6.96. The first kappa shape index (κ1) is 23.8. The number of hydrogen-bond acceptors (Lipinski definition) is 5. The number of aryl methyl sites for hydroxylation is 2. The van der Waals surface area contributed by atoms with Crippen LogP contribution >= 0.6 is 11.3 Å². The number of benzene rings is 2. The van der Waals surface area contributed by atoms with Crippen molar-refractivity contribution in [3.63, 3.8) is 0 Å². The molecule has 0 aliphatic heterocycles. The van der Waals surface area contributed by atoms with Crippen LogP contribution in [0.3, 0.4) is 0 Å². The van der Waals surface area contributed by atoms with Crippen LogP contribution in [-0.2, 0) is 26.5 Å². The number of rotatable bonds is 3. The molecule has 0 amide bonds. The molecule has 0 bridgehead atoms. The van der Waals surface area contributed by atoms with E-state index in [1.165, 1.54) is 17.4 Å². The Morgan fingerprint density at radius 2 is 1.76 bits per heavy atom. The first-order valence-electron chi connectivity index (χ1n) is 15.8. The molecule has 6 heteroatoms. The molecule has 213 valence electrons. The molecule has 4 nitrogen and oxygen atoms in total. The van der Waals surface area contributed by atoms with E-state index in [2.05, 4.69) is 22.1 Å². The van der Waals surface area contributed by atoms with Gasteiger partial charge in [-0.3, -0.25) is 4.98 Å². The summed E-state index contributed by atoms with van der Waals surface area (Å²) in [5.41, 5.74) is 4.64. The number of nitrogens with zero attached hydrogens (tertiary/aromatic N) is 3. The van der Waals surface area contributed by atoms with Gasteiger partial charge < -0.3 is 9.40 Å². The summed E-state index contributed by atoms with van der Waals surface area (Å²) in [5, 5.41) is 1.51. The van der Waals surface area contributed by atoms with Gasteiger partial charge in [-0.05, 0) is 66.8 Å². The maximum Gasteiger partial charge on any atom is 0.216 e. The van der Waals surface area contributed by atoms with E-state index in [1.54, 1.807) is 18.3 Å². The average Bonchev–Trinajstić information content (AvgIpc) is 3.57. The monoisotopic (exact) mass is 751 g/mol. The zero-order chi connectivity index (χ0) is 32.9. The Balaban J connectivity index is 0.000000280. The minimum absolute atomic E-state index is 0. The van der Waals surface area contributed by atoms with Gasteiger partial charge in [0.2, 0.25) is 5.71 Å². The Labute approximate surface area is 271 Å². The molecule has 2 aromatic carbocycles. The van der Waals surface area contributed by atoms with Crippen molar-refractivity contribution in [1.29, 1.82) is 0 Å². The summed E-state index contributed by atoms with van der Waals surface area (Å²) in [7, 11) is 0. The Morgan fingerprint density at radius 1 is 0.905 bits per heavy atom. The van der Waals surface area contributed by atoms with Crippen LogP contribution in [0.5, 0.6) is 0 Å². The summed E-state index contributed by atoms with van der Waals surface area (Å²) < 4.78 is 47.6. The third-order valence-electron chi connectivity index (χ3n) is 6.41. The number of hydrogen-bond donors (Lipinski definition) is 0. The number of furan rings is 1. The minimum atomic E-state index is -2.33. The van der Waals surface area contributed by atoms with E-state index < -0.39 is 18.6 Å². The normalized spacial score (nSPS) is 13.8.